The molecule has 0 atom stereocenters. The highest BCUT2D eigenvalue weighted by Crippen LogP contribution is 2.51. The second-order valence-corrected chi connectivity index (χ2v) is 29.1. The number of fused-ring (bicyclic) bond motifs is 4. The molecule has 4 aromatic rings. The number of nitrogens with zero attached hydrogens (tertiary/aromatic N) is 4. The van der Waals surface area contributed by atoms with Gasteiger partial charge in [-0.25, -0.2) is 32.9 Å². The summed E-state index contributed by atoms with van der Waals surface area (Å²) in [7, 11) is -9.21. The molecule has 4 heterocycles. The first kappa shape index (κ1) is 69.2. The van der Waals surface area contributed by atoms with Gasteiger partial charge in [-0.05, 0) is 134 Å². The highest BCUT2D eigenvalue weighted by atomic mass is 32.2. The minimum Gasteiger partial charge on any atom is -0.744 e. The van der Waals surface area contributed by atoms with Crippen LogP contribution in [0.2, 0.25) is 0 Å². The summed E-state index contributed by atoms with van der Waals surface area (Å²) >= 11 is 0. The maximum absolute atomic E-state index is 12.3. The van der Waals surface area contributed by atoms with Gasteiger partial charge in [0, 0.05) is 108 Å². The number of benzene rings is 4. The summed E-state index contributed by atoms with van der Waals surface area (Å²) in [6.45, 7) is 29.9. The molecule has 0 bridgehead atoms. The topological polar surface area (TPSA) is 249 Å². The number of unbranched alkanes of at least 4 members (excludes halogenated alkanes) is 4. The van der Waals surface area contributed by atoms with Crippen LogP contribution in [0.1, 0.15) is 176 Å². The van der Waals surface area contributed by atoms with Crippen molar-refractivity contribution < 1.29 is 54.2 Å². The number of para-hydroxylation sites is 2. The van der Waals surface area contributed by atoms with Crippen LogP contribution in [0.25, 0.3) is 0 Å². The maximum Gasteiger partial charge on any atom is 0.426 e. The molecule has 3 amide bonds. The quantitative estimate of drug-likeness (QED) is 0.0143. The standard InChI is InChI=1S/C37H50N4O6S.C32H42N4O4S/c1-9-23-40-29-17-13-12-16-27(29)36(5,6)31(40)18-15-19-32-37(7,8)28-25-26(48(44,45)46)21-22-30(28)41(32)24-14-10-11-20-33(42)38-39-34(43)47-35(2,3)4;1-6-20-35-26-14-10-9-13-24(26)31(2,3)28(35)15-12-16-29-32(4,5)25-22-23(41(38,39)40)18-19-27(25)36(29)21-11-7-8-17-30(37)34-33/h12-13,15-19,21-22,25H,9-11,14,20,23-24H2,1-8H3,(H2-,38,39,42,43,44,45,46);9-10,12-16,18-19,22H,6-8,11,17,20-21,33H2,1-5H3,(H-,34,37,38,39,40). The fourth-order valence-corrected chi connectivity index (χ4v) is 13.8. The van der Waals surface area contributed by atoms with Crippen LogP contribution in [0.15, 0.2) is 143 Å². The van der Waals surface area contributed by atoms with E-state index in [9.17, 15) is 40.3 Å². The van der Waals surface area contributed by atoms with Gasteiger partial charge in [0.05, 0.1) is 20.6 Å². The number of carbonyl (C=O) groups is 3. The Morgan fingerprint density at radius 1 is 0.562 bits per heavy atom. The predicted molar refractivity (Wildman–Crippen MR) is 350 cm³/mol. The predicted octanol–water partition coefficient (Wildman–Crippen LogP) is 11.9. The van der Waals surface area contributed by atoms with Crippen molar-refractivity contribution in [3.05, 3.63) is 155 Å². The average molecular weight is 1260 g/mol. The van der Waals surface area contributed by atoms with Crippen molar-refractivity contribution in [3.63, 3.8) is 0 Å². The zero-order valence-corrected chi connectivity index (χ0v) is 55.8. The van der Waals surface area contributed by atoms with Gasteiger partial charge in [0.2, 0.25) is 23.2 Å². The number of allylic oxidation sites excluding steroid dienone is 8. The zero-order chi connectivity index (χ0) is 65.5. The van der Waals surface area contributed by atoms with Crippen LogP contribution in [0.3, 0.4) is 0 Å². The summed E-state index contributed by atoms with van der Waals surface area (Å²) in [5.41, 5.74) is 17.6. The number of rotatable bonds is 22. The first-order valence-electron chi connectivity index (χ1n) is 31.0. The van der Waals surface area contributed by atoms with E-state index in [0.29, 0.717) is 25.9 Å². The molecule has 0 saturated carbocycles. The number of nitrogens with two attached hydrogens (primary N) is 1. The van der Waals surface area contributed by atoms with Crippen LogP contribution >= 0.6 is 0 Å². The fraction of sp³-hybridized carbons (Fsp3) is 0.464. The lowest BCUT2D eigenvalue weighted by molar-refractivity contribution is -0.437. The van der Waals surface area contributed by atoms with E-state index >= 15 is 0 Å². The third-order valence-electron chi connectivity index (χ3n) is 17.2. The minimum atomic E-state index is -4.62. The Kier molecular flexibility index (Phi) is 21.7. The summed E-state index contributed by atoms with van der Waals surface area (Å²) in [6, 6.07) is 26.3. The zero-order valence-electron chi connectivity index (χ0n) is 54.2. The maximum atomic E-state index is 12.3. The Labute approximate surface area is 528 Å². The normalized spacial score (nSPS) is 17.9. The molecule has 0 aliphatic carbocycles. The molecule has 5 N–H and O–H groups in total. The molecule has 0 aromatic heterocycles. The van der Waals surface area contributed by atoms with Crippen molar-refractivity contribution in [1.82, 2.24) is 16.3 Å². The van der Waals surface area contributed by atoms with E-state index in [-0.39, 0.29) is 38.9 Å². The molecule has 20 heteroatoms. The van der Waals surface area contributed by atoms with E-state index < -0.39 is 42.8 Å². The first-order valence-corrected chi connectivity index (χ1v) is 33.8. The molecule has 4 aliphatic rings. The Hall–Kier alpha value is -7.23. The number of ether oxygens (including phenoxy) is 1. The number of hydrazine groups is 2. The van der Waals surface area contributed by atoms with Crippen LogP contribution in [0.4, 0.5) is 27.5 Å². The molecule has 8 rings (SSSR count). The molecule has 0 spiro atoms. The fourth-order valence-electron chi connectivity index (χ4n) is 12.8. The summed E-state index contributed by atoms with van der Waals surface area (Å²) < 4.78 is 81.3. The highest BCUT2D eigenvalue weighted by molar-refractivity contribution is 7.86. The van der Waals surface area contributed by atoms with Crippen LogP contribution < -0.4 is 31.9 Å². The summed E-state index contributed by atoms with van der Waals surface area (Å²) in [5, 5.41) is 0. The van der Waals surface area contributed by atoms with Crippen molar-refractivity contribution in [1.29, 1.82) is 0 Å². The van der Waals surface area contributed by atoms with E-state index in [2.05, 4.69) is 176 Å². The van der Waals surface area contributed by atoms with Crippen LogP contribution in [-0.2, 0) is 56.2 Å². The van der Waals surface area contributed by atoms with Gasteiger partial charge in [0.15, 0.2) is 11.4 Å². The highest BCUT2D eigenvalue weighted by Gasteiger charge is 2.46. The van der Waals surface area contributed by atoms with E-state index in [0.717, 1.165) is 91.9 Å². The van der Waals surface area contributed by atoms with Gasteiger partial charge in [-0.2, -0.15) is 9.15 Å². The molecule has 4 aliphatic heterocycles. The van der Waals surface area contributed by atoms with Gasteiger partial charge in [0.1, 0.15) is 38.9 Å². The monoisotopic (exact) mass is 1260 g/mol. The first-order chi connectivity index (χ1) is 41.7. The molecule has 0 unspecified atom stereocenters. The van der Waals surface area contributed by atoms with Crippen LogP contribution in [-0.4, -0.2) is 96.2 Å². The smallest absolute Gasteiger partial charge is 0.426 e. The number of hydrogen-bond donors (Lipinski definition) is 4. The molecule has 480 valence electrons. The van der Waals surface area contributed by atoms with Gasteiger partial charge < -0.3 is 23.6 Å². The molecular weight excluding hydrogens is 1160 g/mol. The Morgan fingerprint density at radius 3 is 1.35 bits per heavy atom. The van der Waals surface area contributed by atoms with Gasteiger partial charge in [-0.3, -0.25) is 20.4 Å². The van der Waals surface area contributed by atoms with Gasteiger partial charge in [-0.1, -0.05) is 103 Å². The van der Waals surface area contributed by atoms with Crippen molar-refractivity contribution in [2.75, 3.05) is 36.0 Å². The number of nitrogens with one attached hydrogen (secondary N) is 3. The molecule has 89 heavy (non-hydrogen) atoms. The molecule has 0 fully saturated rings. The average Bonchev–Trinajstić information content (AvgIpc) is 1.68. The van der Waals surface area contributed by atoms with E-state index in [4.69, 9.17) is 10.6 Å². The summed E-state index contributed by atoms with van der Waals surface area (Å²) in [6.07, 6.45) is 19.2. The lowest BCUT2D eigenvalue weighted by Crippen LogP contribution is -2.44. The number of carbonyl (C=O) groups excluding carboxylic acids is 3. The molecule has 0 radical (unpaired) electrons. The largest absolute Gasteiger partial charge is 0.744 e. The molecular formula is C69H92N8O10S2. The summed E-state index contributed by atoms with van der Waals surface area (Å²) in [5.74, 6) is 4.71. The summed E-state index contributed by atoms with van der Waals surface area (Å²) in [4.78, 5) is 39.5. The molecule has 4 aromatic carbocycles. The minimum absolute atomic E-state index is 0.151. The van der Waals surface area contributed by atoms with E-state index in [1.807, 2.05) is 13.8 Å². The number of anilines is 2. The number of amides is 3. The van der Waals surface area contributed by atoms with Crippen molar-refractivity contribution in [2.45, 2.75) is 191 Å². The van der Waals surface area contributed by atoms with Crippen molar-refractivity contribution in [2.24, 2.45) is 5.84 Å². The lowest BCUT2D eigenvalue weighted by atomic mass is 9.81. The third-order valence-corrected chi connectivity index (χ3v) is 18.9. The molecule has 18 nitrogen and oxygen atoms in total. The Morgan fingerprint density at radius 2 is 0.966 bits per heavy atom. The van der Waals surface area contributed by atoms with Gasteiger partial charge in [-0.15, -0.1) is 0 Å². The van der Waals surface area contributed by atoms with E-state index in [1.165, 1.54) is 58.2 Å². The van der Waals surface area contributed by atoms with E-state index in [1.54, 1.807) is 32.9 Å². The second kappa shape index (κ2) is 27.9. The SMILES string of the molecule is CCC[N+]1=C(C=CC=C2N(CCCCCC(=O)NN)c3ccc(S(=O)(=O)[O-])cc3C2(C)C)C(C)(C)c2ccccc21.CCC[N+]1=C(C=CC=C2N(CCCCCC(=O)NNC(=O)OC(C)(C)C)c3ccc(S(=O)(=O)[O-])cc3C2(C)C)C(C)(C)c2ccccc21. The van der Waals surface area contributed by atoms with Gasteiger partial charge >= 0.3 is 6.09 Å². The molecule has 0 saturated heterocycles. The lowest BCUT2D eigenvalue weighted by Gasteiger charge is -2.27. The van der Waals surface area contributed by atoms with Crippen LogP contribution in [0.5, 0.6) is 0 Å². The van der Waals surface area contributed by atoms with Crippen LogP contribution in [0, 0.1) is 0 Å². The van der Waals surface area contributed by atoms with Crippen molar-refractivity contribution >= 4 is 72.3 Å². The van der Waals surface area contributed by atoms with Crippen molar-refractivity contribution in [3.8, 4) is 0 Å². The number of hydrogen-bond acceptors (Lipinski definition) is 13. The van der Waals surface area contributed by atoms with Gasteiger partial charge in [0.25, 0.3) is 0 Å². The third kappa shape index (κ3) is 15.7. The Bertz CT molecular complexity index is 3750. The Balaban J connectivity index is 0.000000257. The second-order valence-electron chi connectivity index (χ2n) is 26.4.